The molecule has 0 unspecified atom stereocenters. The lowest BCUT2D eigenvalue weighted by atomic mass is 10.3. The maximum atomic E-state index is 4.41. The number of hydrogen-bond donors (Lipinski definition) is 1. The molecule has 0 saturated heterocycles. The third-order valence-corrected chi connectivity index (χ3v) is 3.29. The minimum absolute atomic E-state index is 0.720. The predicted octanol–water partition coefficient (Wildman–Crippen LogP) is 1.40. The molecular weight excluding hydrogens is 226 g/mol. The van der Waals surface area contributed by atoms with Gasteiger partial charge in [-0.1, -0.05) is 0 Å². The van der Waals surface area contributed by atoms with Gasteiger partial charge in [-0.25, -0.2) is 4.98 Å². The van der Waals surface area contributed by atoms with Crippen molar-refractivity contribution < 1.29 is 0 Å². The van der Waals surface area contributed by atoms with Gasteiger partial charge in [0.05, 0.1) is 19.3 Å². The van der Waals surface area contributed by atoms with Crippen molar-refractivity contribution in [3.05, 3.63) is 36.2 Å². The quantitative estimate of drug-likeness (QED) is 0.837. The summed E-state index contributed by atoms with van der Waals surface area (Å²) in [5, 5.41) is 7.79. The van der Waals surface area contributed by atoms with E-state index in [1.807, 2.05) is 23.3 Å². The van der Waals surface area contributed by atoms with Gasteiger partial charge in [0.2, 0.25) is 0 Å². The van der Waals surface area contributed by atoms with E-state index < -0.39 is 0 Å². The zero-order valence-corrected chi connectivity index (χ0v) is 10.7. The van der Waals surface area contributed by atoms with E-state index in [0.29, 0.717) is 0 Å². The van der Waals surface area contributed by atoms with Gasteiger partial charge in [-0.2, -0.15) is 5.10 Å². The number of hydrogen-bond acceptors (Lipinski definition) is 3. The number of nitrogens with one attached hydrogen (secondary N) is 1. The van der Waals surface area contributed by atoms with Crippen molar-refractivity contribution in [2.45, 2.75) is 45.4 Å². The first-order chi connectivity index (χ1) is 8.85. The maximum Gasteiger partial charge on any atom is 0.122 e. The first-order valence-corrected chi connectivity index (χ1v) is 6.60. The molecule has 2 aromatic heterocycles. The average molecular weight is 245 g/mol. The fraction of sp³-hybridized carbons (Fsp3) is 0.538. The van der Waals surface area contributed by atoms with Crippen LogP contribution >= 0.6 is 0 Å². The van der Waals surface area contributed by atoms with E-state index in [1.165, 1.54) is 18.4 Å². The number of aromatic nitrogens is 4. The lowest BCUT2D eigenvalue weighted by molar-refractivity contribution is 0.617. The standard InChI is InChI=1S/C13H19N5/c1-2-18-10-11(7-16-18)9-17-6-5-14-13(17)8-15-12-3-4-12/h5-7,10,12,15H,2-4,8-9H2,1H3. The Kier molecular flexibility index (Phi) is 3.15. The third kappa shape index (κ3) is 2.61. The number of rotatable bonds is 6. The predicted molar refractivity (Wildman–Crippen MR) is 69.1 cm³/mol. The summed E-state index contributed by atoms with van der Waals surface area (Å²) in [5.74, 6) is 1.10. The van der Waals surface area contributed by atoms with Crippen LogP contribution in [0.15, 0.2) is 24.8 Å². The Hall–Kier alpha value is -1.62. The van der Waals surface area contributed by atoms with Gasteiger partial charge in [0.25, 0.3) is 0 Å². The van der Waals surface area contributed by atoms with Crippen molar-refractivity contribution in [3.63, 3.8) is 0 Å². The van der Waals surface area contributed by atoms with Crippen molar-refractivity contribution >= 4 is 0 Å². The molecule has 1 saturated carbocycles. The van der Waals surface area contributed by atoms with Crippen LogP contribution < -0.4 is 5.32 Å². The van der Waals surface area contributed by atoms with E-state index in [2.05, 4.69) is 33.1 Å². The van der Waals surface area contributed by atoms with E-state index >= 15 is 0 Å². The smallest absolute Gasteiger partial charge is 0.122 e. The van der Waals surface area contributed by atoms with E-state index in [1.54, 1.807) is 0 Å². The van der Waals surface area contributed by atoms with Crippen LogP contribution in [0.1, 0.15) is 31.2 Å². The Balaban J connectivity index is 1.65. The Bertz CT molecular complexity index is 509. The van der Waals surface area contributed by atoms with Crippen LogP contribution in [-0.2, 0) is 19.6 Å². The molecule has 0 radical (unpaired) electrons. The van der Waals surface area contributed by atoms with Crippen LogP contribution in [0.2, 0.25) is 0 Å². The second-order valence-electron chi connectivity index (χ2n) is 4.83. The lowest BCUT2D eigenvalue weighted by Gasteiger charge is -2.07. The molecule has 1 aliphatic rings. The third-order valence-electron chi connectivity index (χ3n) is 3.29. The Morgan fingerprint density at radius 3 is 3.06 bits per heavy atom. The van der Waals surface area contributed by atoms with Gasteiger partial charge in [0.15, 0.2) is 0 Å². The summed E-state index contributed by atoms with van der Waals surface area (Å²) in [6, 6.07) is 0.720. The Labute approximate surface area is 107 Å². The van der Waals surface area contributed by atoms with Crippen molar-refractivity contribution in [3.8, 4) is 0 Å². The van der Waals surface area contributed by atoms with Crippen LogP contribution in [0, 0.1) is 0 Å². The minimum Gasteiger partial charge on any atom is -0.329 e. The highest BCUT2D eigenvalue weighted by Crippen LogP contribution is 2.19. The van der Waals surface area contributed by atoms with Gasteiger partial charge < -0.3 is 9.88 Å². The minimum atomic E-state index is 0.720. The average Bonchev–Trinajstić information content (AvgIpc) is 2.93. The molecule has 0 bridgehead atoms. The Morgan fingerprint density at radius 1 is 1.44 bits per heavy atom. The highest BCUT2D eigenvalue weighted by molar-refractivity contribution is 5.07. The van der Waals surface area contributed by atoms with Crippen LogP contribution in [-0.4, -0.2) is 25.4 Å². The summed E-state index contributed by atoms with van der Waals surface area (Å²) in [6.45, 7) is 4.72. The molecule has 2 heterocycles. The topological polar surface area (TPSA) is 47.7 Å². The first kappa shape index (κ1) is 11.5. The second kappa shape index (κ2) is 4.94. The molecule has 1 fully saturated rings. The number of aryl methyl sites for hydroxylation is 1. The summed E-state index contributed by atoms with van der Waals surface area (Å²) < 4.78 is 4.14. The van der Waals surface area contributed by atoms with Crippen molar-refractivity contribution in [1.82, 2.24) is 24.6 Å². The molecule has 5 heteroatoms. The van der Waals surface area contributed by atoms with Crippen LogP contribution in [0.25, 0.3) is 0 Å². The normalized spacial score (nSPS) is 15.2. The van der Waals surface area contributed by atoms with Gasteiger partial charge in [-0.15, -0.1) is 0 Å². The summed E-state index contributed by atoms with van der Waals surface area (Å²) >= 11 is 0. The monoisotopic (exact) mass is 245 g/mol. The summed E-state index contributed by atoms with van der Waals surface area (Å²) in [5.41, 5.74) is 1.22. The molecule has 5 nitrogen and oxygen atoms in total. The first-order valence-electron chi connectivity index (χ1n) is 6.60. The molecule has 0 aliphatic heterocycles. The molecule has 1 aliphatic carbocycles. The van der Waals surface area contributed by atoms with Crippen molar-refractivity contribution in [1.29, 1.82) is 0 Å². The summed E-state index contributed by atoms with van der Waals surface area (Å²) in [4.78, 5) is 4.41. The van der Waals surface area contributed by atoms with Gasteiger partial charge >= 0.3 is 0 Å². The molecule has 0 aromatic carbocycles. The molecule has 2 aromatic rings. The fourth-order valence-electron chi connectivity index (χ4n) is 2.03. The molecule has 0 amide bonds. The van der Waals surface area contributed by atoms with Crippen LogP contribution in [0.5, 0.6) is 0 Å². The van der Waals surface area contributed by atoms with Gasteiger partial charge in [0, 0.05) is 36.7 Å². The molecule has 3 rings (SSSR count). The lowest BCUT2D eigenvalue weighted by Crippen LogP contribution is -2.19. The maximum absolute atomic E-state index is 4.41. The highest BCUT2D eigenvalue weighted by atomic mass is 15.3. The molecule has 18 heavy (non-hydrogen) atoms. The zero-order chi connectivity index (χ0) is 12.4. The highest BCUT2D eigenvalue weighted by Gasteiger charge is 2.20. The summed E-state index contributed by atoms with van der Waals surface area (Å²) in [6.07, 6.45) is 10.6. The fourth-order valence-corrected chi connectivity index (χ4v) is 2.03. The van der Waals surface area contributed by atoms with E-state index in [-0.39, 0.29) is 0 Å². The molecular formula is C13H19N5. The summed E-state index contributed by atoms with van der Waals surface area (Å²) in [7, 11) is 0. The molecule has 96 valence electrons. The van der Waals surface area contributed by atoms with Crippen LogP contribution in [0.3, 0.4) is 0 Å². The number of imidazole rings is 1. The SMILES string of the molecule is CCn1cc(Cn2ccnc2CNC2CC2)cn1. The van der Waals surface area contributed by atoms with Crippen LogP contribution in [0.4, 0.5) is 0 Å². The second-order valence-corrected chi connectivity index (χ2v) is 4.83. The zero-order valence-electron chi connectivity index (χ0n) is 10.7. The molecule has 1 N–H and O–H groups in total. The number of nitrogens with zero attached hydrogens (tertiary/aromatic N) is 4. The van der Waals surface area contributed by atoms with E-state index in [9.17, 15) is 0 Å². The van der Waals surface area contributed by atoms with Crippen molar-refractivity contribution in [2.24, 2.45) is 0 Å². The largest absolute Gasteiger partial charge is 0.329 e. The molecule has 0 spiro atoms. The van der Waals surface area contributed by atoms with Gasteiger partial charge in [-0.3, -0.25) is 4.68 Å². The van der Waals surface area contributed by atoms with Crippen molar-refractivity contribution in [2.75, 3.05) is 0 Å². The molecule has 0 atom stereocenters. The van der Waals surface area contributed by atoms with Gasteiger partial charge in [-0.05, 0) is 19.8 Å². The van der Waals surface area contributed by atoms with E-state index in [4.69, 9.17) is 0 Å². The van der Waals surface area contributed by atoms with E-state index in [0.717, 1.165) is 31.5 Å². The van der Waals surface area contributed by atoms with Gasteiger partial charge in [0.1, 0.15) is 5.82 Å². The Morgan fingerprint density at radius 2 is 2.33 bits per heavy atom.